The van der Waals surface area contributed by atoms with E-state index in [1.807, 2.05) is 0 Å². The second-order valence-electron chi connectivity index (χ2n) is 2.98. The van der Waals surface area contributed by atoms with E-state index in [0.717, 1.165) is 0 Å². The highest BCUT2D eigenvalue weighted by atomic mass is 16.5. The van der Waals surface area contributed by atoms with E-state index in [9.17, 15) is 4.79 Å². The number of hydrogen-bond donors (Lipinski definition) is 2. The summed E-state index contributed by atoms with van der Waals surface area (Å²) in [6.45, 7) is -0.189. The van der Waals surface area contributed by atoms with Gasteiger partial charge in [0.15, 0.2) is 0 Å². The topological polar surface area (TPSA) is 85.4 Å². The molecule has 0 amide bonds. The number of methoxy groups -OCH3 is 1. The third-order valence-corrected chi connectivity index (χ3v) is 1.86. The van der Waals surface area contributed by atoms with Crippen LogP contribution in [0.1, 0.15) is 17.5 Å². The molecule has 0 unspecified atom stereocenters. The van der Waals surface area contributed by atoms with Crippen molar-refractivity contribution >= 4 is 11.8 Å². The molecule has 0 aliphatic heterocycles. The van der Waals surface area contributed by atoms with Crippen LogP contribution < -0.4 is 5.73 Å². The lowest BCUT2D eigenvalue weighted by Crippen LogP contribution is -1.99. The number of nitrogen functional groups attached to an aromatic ring is 1. The number of aliphatic hydroxyl groups excluding tert-OH is 1. The number of rotatable bonds is 2. The van der Waals surface area contributed by atoms with Crippen molar-refractivity contribution in [1.82, 2.24) is 4.98 Å². The van der Waals surface area contributed by atoms with Gasteiger partial charge in [0.2, 0.25) is 0 Å². The van der Waals surface area contributed by atoms with Crippen LogP contribution in [-0.2, 0) is 16.1 Å². The van der Waals surface area contributed by atoms with Crippen molar-refractivity contribution in [2.45, 2.75) is 13.0 Å². The summed E-state index contributed by atoms with van der Waals surface area (Å²) in [6.07, 6.45) is 1.51. The van der Waals surface area contributed by atoms with Crippen LogP contribution in [-0.4, -0.2) is 23.2 Å². The molecule has 0 aliphatic carbocycles. The highest BCUT2D eigenvalue weighted by Gasteiger charge is 1.99. The number of ether oxygens (including phenoxy) is 1. The molecule has 1 rings (SSSR count). The number of nitrogens with zero attached hydrogens (tertiary/aromatic N) is 1. The number of aromatic nitrogens is 1. The molecule has 3 N–H and O–H groups in total. The zero-order valence-electron chi connectivity index (χ0n) is 8.86. The van der Waals surface area contributed by atoms with Gasteiger partial charge in [0, 0.05) is 17.3 Å². The minimum absolute atomic E-state index is 0.0231. The van der Waals surface area contributed by atoms with E-state index in [2.05, 4.69) is 21.6 Å². The Kier molecular flexibility index (Phi) is 4.30. The van der Waals surface area contributed by atoms with Crippen LogP contribution in [0.5, 0.6) is 0 Å². The molecule has 84 valence electrons. The van der Waals surface area contributed by atoms with Gasteiger partial charge in [-0.05, 0) is 6.07 Å². The molecule has 1 aromatic rings. The van der Waals surface area contributed by atoms with Gasteiger partial charge in [-0.25, -0.2) is 4.98 Å². The minimum atomic E-state index is -0.390. The van der Waals surface area contributed by atoms with E-state index in [-0.39, 0.29) is 18.8 Å². The number of pyridine rings is 1. The fourth-order valence-corrected chi connectivity index (χ4v) is 1.01. The van der Waals surface area contributed by atoms with Crippen molar-refractivity contribution in [3.8, 4) is 11.8 Å². The van der Waals surface area contributed by atoms with E-state index in [0.29, 0.717) is 11.1 Å². The summed E-state index contributed by atoms with van der Waals surface area (Å²) in [5, 5.41) is 8.95. The Bertz CT molecular complexity index is 446. The van der Waals surface area contributed by atoms with Crippen LogP contribution in [0, 0.1) is 11.8 Å². The first kappa shape index (κ1) is 12.0. The van der Waals surface area contributed by atoms with Crippen molar-refractivity contribution < 1.29 is 14.6 Å². The van der Waals surface area contributed by atoms with E-state index in [1.54, 1.807) is 6.07 Å². The number of hydrogen-bond acceptors (Lipinski definition) is 5. The molecule has 0 aromatic carbocycles. The normalized spacial score (nSPS) is 9.12. The van der Waals surface area contributed by atoms with Crippen molar-refractivity contribution in [2.75, 3.05) is 12.8 Å². The summed E-state index contributed by atoms with van der Waals surface area (Å²) in [4.78, 5) is 14.6. The van der Waals surface area contributed by atoms with Gasteiger partial charge in [-0.15, -0.1) is 0 Å². The summed E-state index contributed by atoms with van der Waals surface area (Å²) < 4.78 is 4.44. The fraction of sp³-hybridized carbons (Fsp3) is 0.273. The van der Waals surface area contributed by atoms with E-state index >= 15 is 0 Å². The Morgan fingerprint density at radius 1 is 1.69 bits per heavy atom. The second-order valence-corrected chi connectivity index (χ2v) is 2.98. The summed E-state index contributed by atoms with van der Waals surface area (Å²) in [5.41, 5.74) is 6.62. The van der Waals surface area contributed by atoms with Crippen molar-refractivity contribution in [3.63, 3.8) is 0 Å². The Morgan fingerprint density at radius 3 is 3.06 bits per heavy atom. The molecule has 0 atom stereocenters. The van der Waals surface area contributed by atoms with Gasteiger partial charge in [0.1, 0.15) is 12.2 Å². The van der Waals surface area contributed by atoms with Crippen LogP contribution in [0.3, 0.4) is 0 Å². The van der Waals surface area contributed by atoms with Crippen LogP contribution in [0.15, 0.2) is 12.3 Å². The van der Waals surface area contributed by atoms with Crippen LogP contribution in [0.2, 0.25) is 0 Å². The Morgan fingerprint density at radius 2 is 2.44 bits per heavy atom. The molecule has 0 bridgehead atoms. The number of carbonyl (C=O) groups excluding carboxylic acids is 1. The lowest BCUT2D eigenvalue weighted by atomic mass is 10.2. The maximum Gasteiger partial charge on any atom is 0.317 e. The molecule has 0 radical (unpaired) electrons. The molecule has 0 aliphatic rings. The molecule has 0 spiro atoms. The number of esters is 1. The largest absolute Gasteiger partial charge is 0.468 e. The van der Waals surface area contributed by atoms with Gasteiger partial charge in [0.25, 0.3) is 0 Å². The Balaban J connectivity index is 2.78. The average molecular weight is 220 g/mol. The molecule has 0 saturated heterocycles. The van der Waals surface area contributed by atoms with Crippen molar-refractivity contribution in [2.24, 2.45) is 0 Å². The first-order valence-electron chi connectivity index (χ1n) is 4.58. The standard InChI is InChI=1S/C11H12N2O3/c1-16-10(15)4-2-3-8-5-9(7-14)11(12)13-6-8/h5-6,14H,4,7H2,1H3,(H2,12,13). The second kappa shape index (κ2) is 5.73. The van der Waals surface area contributed by atoms with E-state index in [1.165, 1.54) is 13.3 Å². The maximum absolute atomic E-state index is 10.8. The number of carbonyl (C=O) groups is 1. The van der Waals surface area contributed by atoms with Gasteiger partial charge in [-0.3, -0.25) is 4.79 Å². The lowest BCUT2D eigenvalue weighted by molar-refractivity contribution is -0.139. The summed E-state index contributed by atoms with van der Waals surface area (Å²) in [6, 6.07) is 1.63. The molecule has 0 fully saturated rings. The highest BCUT2D eigenvalue weighted by molar-refractivity contribution is 5.72. The summed E-state index contributed by atoms with van der Waals surface area (Å²) >= 11 is 0. The predicted molar refractivity (Wildman–Crippen MR) is 58.1 cm³/mol. The first-order chi connectivity index (χ1) is 7.67. The van der Waals surface area contributed by atoms with E-state index < -0.39 is 5.97 Å². The maximum atomic E-state index is 10.8. The fourth-order valence-electron chi connectivity index (χ4n) is 1.01. The van der Waals surface area contributed by atoms with Crippen LogP contribution in [0.25, 0.3) is 0 Å². The number of anilines is 1. The summed E-state index contributed by atoms with van der Waals surface area (Å²) in [7, 11) is 1.30. The number of nitrogens with two attached hydrogens (primary N) is 1. The first-order valence-corrected chi connectivity index (χ1v) is 4.58. The molecule has 5 heteroatoms. The SMILES string of the molecule is COC(=O)CC#Cc1cnc(N)c(CO)c1. The van der Waals surface area contributed by atoms with Gasteiger partial charge in [-0.1, -0.05) is 11.8 Å². The zero-order valence-corrected chi connectivity index (χ0v) is 8.86. The minimum Gasteiger partial charge on any atom is -0.468 e. The van der Waals surface area contributed by atoms with Gasteiger partial charge in [-0.2, -0.15) is 0 Å². The molecule has 1 aromatic heterocycles. The van der Waals surface area contributed by atoms with E-state index in [4.69, 9.17) is 10.8 Å². The lowest BCUT2D eigenvalue weighted by Gasteiger charge is -2.00. The number of aliphatic hydroxyl groups is 1. The average Bonchev–Trinajstić information content (AvgIpc) is 2.31. The Labute approximate surface area is 93.2 Å². The van der Waals surface area contributed by atoms with Crippen LogP contribution >= 0.6 is 0 Å². The molecule has 0 saturated carbocycles. The Hall–Kier alpha value is -2.06. The van der Waals surface area contributed by atoms with Gasteiger partial charge < -0.3 is 15.6 Å². The molecule has 16 heavy (non-hydrogen) atoms. The van der Waals surface area contributed by atoms with Gasteiger partial charge >= 0.3 is 5.97 Å². The molecule has 5 nitrogen and oxygen atoms in total. The van der Waals surface area contributed by atoms with Crippen molar-refractivity contribution in [1.29, 1.82) is 0 Å². The monoisotopic (exact) mass is 220 g/mol. The molecular formula is C11H12N2O3. The van der Waals surface area contributed by atoms with Gasteiger partial charge in [0.05, 0.1) is 13.7 Å². The highest BCUT2D eigenvalue weighted by Crippen LogP contribution is 2.09. The summed E-state index contributed by atoms with van der Waals surface area (Å²) in [5.74, 6) is 5.26. The third kappa shape index (κ3) is 3.26. The predicted octanol–water partition coefficient (Wildman–Crippen LogP) is 0.0707. The quantitative estimate of drug-likeness (QED) is 0.544. The van der Waals surface area contributed by atoms with Crippen molar-refractivity contribution in [3.05, 3.63) is 23.4 Å². The smallest absolute Gasteiger partial charge is 0.317 e. The molecular weight excluding hydrogens is 208 g/mol. The molecule has 1 heterocycles. The third-order valence-electron chi connectivity index (χ3n) is 1.86. The van der Waals surface area contributed by atoms with Crippen LogP contribution in [0.4, 0.5) is 5.82 Å². The zero-order chi connectivity index (χ0) is 12.0.